The van der Waals surface area contributed by atoms with E-state index in [-0.39, 0.29) is 29.0 Å². The zero-order chi connectivity index (χ0) is 12.2. The van der Waals surface area contributed by atoms with Crippen LogP contribution < -0.4 is 4.74 Å². The molecule has 0 spiro atoms. The average molecular weight is 269 g/mol. The normalized spacial score (nSPS) is 10.4. The van der Waals surface area contributed by atoms with E-state index in [0.29, 0.717) is 17.4 Å². The predicted octanol–water partition coefficient (Wildman–Crippen LogP) is 2.14. The molecule has 1 aromatic rings. The highest BCUT2D eigenvalue weighted by Gasteiger charge is 2.31. The van der Waals surface area contributed by atoms with Gasteiger partial charge in [0.15, 0.2) is 5.60 Å². The number of ether oxygens (including phenoxy) is 2. The van der Waals surface area contributed by atoms with Crippen LogP contribution in [0.5, 0.6) is 5.75 Å². The molecule has 0 saturated heterocycles. The Labute approximate surface area is 123 Å². The highest BCUT2D eigenvalue weighted by atomic mass is 35.5. The van der Waals surface area contributed by atoms with Crippen molar-refractivity contribution in [1.29, 1.82) is 0 Å². The van der Waals surface area contributed by atoms with Crippen molar-refractivity contribution in [3.05, 3.63) is 29.3 Å². The third kappa shape index (κ3) is 5.15. The summed E-state index contributed by atoms with van der Waals surface area (Å²) >= 11 is 5.75. The van der Waals surface area contributed by atoms with Crippen LogP contribution in [0.3, 0.4) is 0 Å². The van der Waals surface area contributed by atoms with Gasteiger partial charge in [0.1, 0.15) is 5.75 Å². The molecule has 0 radical (unpaired) electrons. The number of hydrogen-bond acceptors (Lipinski definition) is 3. The highest BCUT2D eigenvalue weighted by Crippen LogP contribution is 2.21. The molecular weight excluding hydrogens is 252 g/mol. The second kappa shape index (κ2) is 7.09. The summed E-state index contributed by atoms with van der Waals surface area (Å²) in [6.45, 7) is 5.43. The number of halogens is 1. The van der Waals surface area contributed by atoms with E-state index in [2.05, 4.69) is 0 Å². The molecule has 0 saturated carbocycles. The van der Waals surface area contributed by atoms with Gasteiger partial charge in [0.2, 0.25) is 0 Å². The minimum atomic E-state index is -0.996. The van der Waals surface area contributed by atoms with Crippen molar-refractivity contribution in [2.24, 2.45) is 0 Å². The number of hydrogen-bond donors (Lipinski definition) is 0. The Hall–Kier alpha value is -0.454. The number of esters is 1. The quantitative estimate of drug-likeness (QED) is 0.620. The Morgan fingerprint density at radius 1 is 1.29 bits per heavy atom. The summed E-state index contributed by atoms with van der Waals surface area (Å²) in [5.74, 6) is 0.201. The summed E-state index contributed by atoms with van der Waals surface area (Å²) in [7, 11) is 0. The molecule has 1 aromatic carbocycles. The van der Waals surface area contributed by atoms with E-state index in [0.717, 1.165) is 0 Å². The fourth-order valence-corrected chi connectivity index (χ4v) is 1.27. The van der Waals surface area contributed by atoms with Crippen molar-refractivity contribution in [3.63, 3.8) is 0 Å². The zero-order valence-corrected chi connectivity index (χ0v) is 10.4. The number of carbonyl (C=O) groups is 1. The Bertz CT molecular complexity index is 363. The first-order valence-corrected chi connectivity index (χ1v) is 5.45. The molecule has 0 aliphatic rings. The fourth-order valence-electron chi connectivity index (χ4n) is 1.14. The first-order valence-electron chi connectivity index (χ1n) is 5.07. The van der Waals surface area contributed by atoms with E-state index < -0.39 is 5.60 Å². The topological polar surface area (TPSA) is 35.5 Å². The lowest BCUT2D eigenvalue weighted by molar-refractivity contribution is -0.158. The van der Waals surface area contributed by atoms with Gasteiger partial charge in [-0.1, -0.05) is 11.6 Å². The molecule has 0 atom stereocenters. The summed E-state index contributed by atoms with van der Waals surface area (Å²) in [6.07, 6.45) is 0. The Morgan fingerprint density at radius 3 is 2.29 bits per heavy atom. The Morgan fingerprint density at radius 2 is 1.82 bits per heavy atom. The van der Waals surface area contributed by atoms with Gasteiger partial charge in [-0.2, -0.15) is 0 Å². The van der Waals surface area contributed by atoms with Gasteiger partial charge in [-0.25, -0.2) is 4.79 Å². The lowest BCUT2D eigenvalue weighted by atomic mass is 10.1. The molecule has 1 rings (SSSR count). The van der Waals surface area contributed by atoms with Crippen molar-refractivity contribution in [1.82, 2.24) is 0 Å². The van der Waals surface area contributed by atoms with Gasteiger partial charge in [0.05, 0.1) is 6.61 Å². The molecule has 0 aliphatic heterocycles. The molecule has 0 amide bonds. The van der Waals surface area contributed by atoms with Gasteiger partial charge < -0.3 is 9.47 Å². The predicted molar refractivity (Wildman–Crippen MR) is 71.3 cm³/mol. The first-order chi connectivity index (χ1) is 7.45. The van der Waals surface area contributed by atoms with Gasteiger partial charge >= 0.3 is 29.0 Å². The van der Waals surface area contributed by atoms with Crippen LogP contribution in [0.2, 0.25) is 5.02 Å². The largest absolute Gasteiger partial charge is 0.476 e. The zero-order valence-electron chi connectivity index (χ0n) is 9.62. The minimum Gasteiger partial charge on any atom is -0.476 e. The fraction of sp³-hybridized carbons (Fsp3) is 0.417. The van der Waals surface area contributed by atoms with Crippen LogP contribution in [0.4, 0.5) is 0 Å². The number of carbonyl (C=O) groups excluding carboxylic acids is 1. The third-order valence-electron chi connectivity index (χ3n) is 1.95. The molecule has 3 nitrogen and oxygen atoms in total. The van der Waals surface area contributed by atoms with Crippen LogP contribution >= 0.6 is 11.6 Å². The van der Waals surface area contributed by atoms with Crippen LogP contribution in [-0.4, -0.2) is 41.2 Å². The minimum absolute atomic E-state index is 0. The molecular formula is C12H17ClMgO3. The molecule has 0 bridgehead atoms. The van der Waals surface area contributed by atoms with E-state index in [1.54, 1.807) is 45.0 Å². The van der Waals surface area contributed by atoms with Gasteiger partial charge in [-0.15, -0.1) is 0 Å². The summed E-state index contributed by atoms with van der Waals surface area (Å²) in [6, 6.07) is 6.84. The second-order valence-corrected chi connectivity index (χ2v) is 4.22. The van der Waals surface area contributed by atoms with Gasteiger partial charge in [0, 0.05) is 5.02 Å². The maximum Gasteiger partial charge on any atom is 0.349 e. The van der Waals surface area contributed by atoms with E-state index in [9.17, 15) is 4.79 Å². The number of rotatable bonds is 4. The lowest BCUT2D eigenvalue weighted by Gasteiger charge is -2.23. The van der Waals surface area contributed by atoms with Crippen LogP contribution in [0.1, 0.15) is 20.8 Å². The molecule has 0 aromatic heterocycles. The monoisotopic (exact) mass is 268 g/mol. The first kappa shape index (κ1) is 16.5. The summed E-state index contributed by atoms with van der Waals surface area (Å²) in [4.78, 5) is 11.6. The van der Waals surface area contributed by atoms with Crippen molar-refractivity contribution in [3.8, 4) is 5.75 Å². The van der Waals surface area contributed by atoms with Crippen LogP contribution in [0.15, 0.2) is 24.3 Å². The molecule has 0 aliphatic carbocycles. The van der Waals surface area contributed by atoms with Crippen molar-refractivity contribution < 1.29 is 14.3 Å². The summed E-state index contributed by atoms with van der Waals surface area (Å²) < 4.78 is 10.5. The van der Waals surface area contributed by atoms with E-state index in [1.165, 1.54) is 0 Å². The maximum atomic E-state index is 11.6. The molecule has 0 N–H and O–H groups in total. The molecule has 92 valence electrons. The van der Waals surface area contributed by atoms with E-state index in [4.69, 9.17) is 21.1 Å². The maximum absolute atomic E-state index is 11.6. The summed E-state index contributed by atoms with van der Waals surface area (Å²) in [5, 5.41) is 0.626. The molecule has 5 heteroatoms. The SMILES string of the molecule is CCOC(=O)C(C)(C)Oc1ccc(Cl)cc1.[MgH2]. The van der Waals surface area contributed by atoms with Crippen LogP contribution in [0, 0.1) is 0 Å². The van der Waals surface area contributed by atoms with Crippen molar-refractivity contribution in [2.45, 2.75) is 26.4 Å². The molecule has 0 heterocycles. The smallest absolute Gasteiger partial charge is 0.349 e. The molecule has 17 heavy (non-hydrogen) atoms. The van der Waals surface area contributed by atoms with E-state index >= 15 is 0 Å². The Kier molecular flexibility index (Phi) is 6.90. The summed E-state index contributed by atoms with van der Waals surface area (Å²) in [5.41, 5.74) is -0.996. The third-order valence-corrected chi connectivity index (χ3v) is 2.21. The lowest BCUT2D eigenvalue weighted by Crippen LogP contribution is -2.39. The van der Waals surface area contributed by atoms with Gasteiger partial charge in [-0.3, -0.25) is 0 Å². The second-order valence-electron chi connectivity index (χ2n) is 3.79. The Balaban J connectivity index is 0.00000256. The van der Waals surface area contributed by atoms with Gasteiger partial charge in [0.25, 0.3) is 0 Å². The molecule has 0 fully saturated rings. The van der Waals surface area contributed by atoms with Crippen molar-refractivity contribution in [2.75, 3.05) is 6.61 Å². The molecule has 0 unspecified atom stereocenters. The average Bonchev–Trinajstić information content (AvgIpc) is 2.21. The highest BCUT2D eigenvalue weighted by molar-refractivity contribution is 6.30. The van der Waals surface area contributed by atoms with Crippen LogP contribution in [0.25, 0.3) is 0 Å². The van der Waals surface area contributed by atoms with Gasteiger partial charge in [-0.05, 0) is 45.0 Å². The van der Waals surface area contributed by atoms with E-state index in [1.807, 2.05) is 0 Å². The van der Waals surface area contributed by atoms with Crippen LogP contribution in [-0.2, 0) is 9.53 Å². The van der Waals surface area contributed by atoms with Crippen molar-refractivity contribution >= 4 is 40.6 Å². The standard InChI is InChI=1S/C12H15ClO3.Mg.2H/c1-4-15-11(14)12(2,3)16-10-7-5-9(13)6-8-10;;;/h5-8H,4H2,1-3H3;;;. The number of benzene rings is 1.